The molecule has 1 aromatic carbocycles. The van der Waals surface area contributed by atoms with Crippen LogP contribution >= 0.6 is 11.3 Å². The number of carbonyl (C=O) groups is 1. The smallest absolute Gasteiger partial charge is 0.337 e. The van der Waals surface area contributed by atoms with Crippen LogP contribution in [0.1, 0.15) is 20.1 Å². The molecule has 0 aliphatic carbocycles. The minimum atomic E-state index is -0.477. The second kappa shape index (κ2) is 5.84. The first-order valence-electron chi connectivity index (χ1n) is 5.77. The number of aryl methyl sites for hydroxylation is 1. The van der Waals surface area contributed by atoms with Gasteiger partial charge in [-0.15, -0.1) is 11.3 Å². The maximum Gasteiger partial charge on any atom is 0.337 e. The van der Waals surface area contributed by atoms with E-state index in [-0.39, 0.29) is 5.82 Å². The zero-order chi connectivity index (χ0) is 13.8. The Kier molecular flexibility index (Phi) is 4.16. The summed E-state index contributed by atoms with van der Waals surface area (Å²) >= 11 is 1.65. The van der Waals surface area contributed by atoms with Gasteiger partial charge in [-0.1, -0.05) is 0 Å². The monoisotopic (exact) mass is 279 g/mol. The lowest BCUT2D eigenvalue weighted by atomic mass is 10.2. The number of carbonyl (C=O) groups excluding carboxylic acids is 1. The van der Waals surface area contributed by atoms with E-state index in [1.807, 2.05) is 19.1 Å². The summed E-state index contributed by atoms with van der Waals surface area (Å²) in [5.41, 5.74) is 0.628. The topological polar surface area (TPSA) is 38.3 Å². The molecule has 3 nitrogen and oxygen atoms in total. The minimum Gasteiger partial charge on any atom is -0.465 e. The largest absolute Gasteiger partial charge is 0.465 e. The van der Waals surface area contributed by atoms with Crippen molar-refractivity contribution in [2.45, 2.75) is 13.5 Å². The summed E-state index contributed by atoms with van der Waals surface area (Å²) in [5, 5.41) is 2.99. The maximum absolute atomic E-state index is 13.6. The number of methoxy groups -OCH3 is 1. The summed E-state index contributed by atoms with van der Waals surface area (Å²) in [6, 6.07) is 8.13. The molecule has 0 saturated carbocycles. The molecule has 1 aromatic heterocycles. The predicted molar refractivity (Wildman–Crippen MR) is 74.1 cm³/mol. The molecule has 100 valence electrons. The first kappa shape index (κ1) is 13.5. The third-order valence-corrected chi connectivity index (χ3v) is 3.64. The second-order valence-corrected chi connectivity index (χ2v) is 5.42. The molecule has 0 saturated heterocycles. The maximum atomic E-state index is 13.6. The Bertz CT molecular complexity index is 595. The lowest BCUT2D eigenvalue weighted by Crippen LogP contribution is -2.05. The van der Waals surface area contributed by atoms with Crippen LogP contribution in [0.3, 0.4) is 0 Å². The second-order valence-electron chi connectivity index (χ2n) is 4.05. The van der Waals surface area contributed by atoms with Gasteiger partial charge in [-0.25, -0.2) is 9.18 Å². The molecule has 0 fully saturated rings. The Hall–Kier alpha value is -1.88. The zero-order valence-corrected chi connectivity index (χ0v) is 11.5. The van der Waals surface area contributed by atoms with Crippen molar-refractivity contribution in [1.82, 2.24) is 0 Å². The van der Waals surface area contributed by atoms with E-state index in [4.69, 9.17) is 0 Å². The SMILES string of the molecule is COC(=O)c1ccc(F)c(NCc2ccc(C)s2)c1. The number of thiophene rings is 1. The lowest BCUT2D eigenvalue weighted by molar-refractivity contribution is 0.0600. The van der Waals surface area contributed by atoms with Crippen molar-refractivity contribution in [2.75, 3.05) is 12.4 Å². The summed E-state index contributed by atoms with van der Waals surface area (Å²) in [6.07, 6.45) is 0. The van der Waals surface area contributed by atoms with Crippen LogP contribution in [0.25, 0.3) is 0 Å². The highest BCUT2D eigenvalue weighted by molar-refractivity contribution is 7.11. The summed E-state index contributed by atoms with van der Waals surface area (Å²) in [7, 11) is 1.30. The van der Waals surface area contributed by atoms with E-state index in [0.717, 1.165) is 4.88 Å². The summed E-state index contributed by atoms with van der Waals surface area (Å²) < 4.78 is 18.2. The predicted octanol–water partition coefficient (Wildman–Crippen LogP) is 3.59. The fourth-order valence-electron chi connectivity index (χ4n) is 1.67. The van der Waals surface area contributed by atoms with E-state index in [9.17, 15) is 9.18 Å². The molecule has 5 heteroatoms. The van der Waals surface area contributed by atoms with Crippen LogP contribution in [-0.2, 0) is 11.3 Å². The van der Waals surface area contributed by atoms with Crippen LogP contribution in [-0.4, -0.2) is 13.1 Å². The van der Waals surface area contributed by atoms with Gasteiger partial charge < -0.3 is 10.1 Å². The molecular weight excluding hydrogens is 265 g/mol. The van der Waals surface area contributed by atoms with Crippen molar-refractivity contribution in [3.8, 4) is 0 Å². The van der Waals surface area contributed by atoms with Crippen LogP contribution in [0, 0.1) is 12.7 Å². The highest BCUT2D eigenvalue weighted by Gasteiger charge is 2.09. The van der Waals surface area contributed by atoms with Crippen molar-refractivity contribution < 1.29 is 13.9 Å². The molecule has 1 heterocycles. The van der Waals surface area contributed by atoms with Gasteiger partial charge in [0.25, 0.3) is 0 Å². The van der Waals surface area contributed by atoms with Gasteiger partial charge in [0, 0.05) is 16.3 Å². The first-order chi connectivity index (χ1) is 9.10. The molecule has 1 N–H and O–H groups in total. The van der Waals surface area contributed by atoms with E-state index < -0.39 is 5.97 Å². The van der Waals surface area contributed by atoms with Gasteiger partial charge in [-0.05, 0) is 37.3 Å². The van der Waals surface area contributed by atoms with E-state index in [2.05, 4.69) is 10.1 Å². The van der Waals surface area contributed by atoms with E-state index in [1.165, 1.54) is 30.2 Å². The Morgan fingerprint density at radius 1 is 1.37 bits per heavy atom. The van der Waals surface area contributed by atoms with Crippen LogP contribution in [0.2, 0.25) is 0 Å². The molecular formula is C14H14FNO2S. The normalized spacial score (nSPS) is 10.3. The van der Waals surface area contributed by atoms with Crippen molar-refractivity contribution >= 4 is 23.0 Å². The highest BCUT2D eigenvalue weighted by Crippen LogP contribution is 2.20. The van der Waals surface area contributed by atoms with Gasteiger partial charge in [-0.2, -0.15) is 0 Å². The zero-order valence-electron chi connectivity index (χ0n) is 10.7. The molecule has 0 spiro atoms. The van der Waals surface area contributed by atoms with E-state index in [1.54, 1.807) is 11.3 Å². The number of hydrogen-bond donors (Lipinski definition) is 1. The molecule has 19 heavy (non-hydrogen) atoms. The van der Waals surface area contributed by atoms with Crippen LogP contribution < -0.4 is 5.32 Å². The third-order valence-electron chi connectivity index (χ3n) is 2.64. The fourth-order valence-corrected chi connectivity index (χ4v) is 2.50. The van der Waals surface area contributed by atoms with Gasteiger partial charge in [0.1, 0.15) is 5.82 Å². The molecule has 0 amide bonds. The van der Waals surface area contributed by atoms with Crippen LogP contribution in [0.5, 0.6) is 0 Å². The lowest BCUT2D eigenvalue weighted by Gasteiger charge is -2.08. The molecule has 2 aromatic rings. The standard InChI is InChI=1S/C14H14FNO2S/c1-9-3-5-11(19-9)8-16-13-7-10(14(17)18-2)4-6-12(13)15/h3-7,16H,8H2,1-2H3. The van der Waals surface area contributed by atoms with Crippen molar-refractivity contribution in [3.63, 3.8) is 0 Å². The highest BCUT2D eigenvalue weighted by atomic mass is 32.1. The first-order valence-corrected chi connectivity index (χ1v) is 6.59. The van der Waals surface area contributed by atoms with Crippen molar-refractivity contribution in [3.05, 3.63) is 51.5 Å². The average molecular weight is 279 g/mol. The van der Waals surface area contributed by atoms with Crippen molar-refractivity contribution in [1.29, 1.82) is 0 Å². The Labute approximate surface area is 115 Å². The van der Waals surface area contributed by atoms with Crippen molar-refractivity contribution in [2.24, 2.45) is 0 Å². The molecule has 0 aliphatic rings. The number of benzene rings is 1. The number of nitrogens with one attached hydrogen (secondary N) is 1. The number of rotatable bonds is 4. The quantitative estimate of drug-likeness (QED) is 0.869. The molecule has 0 aliphatic heterocycles. The summed E-state index contributed by atoms with van der Waals surface area (Å²) in [4.78, 5) is 13.7. The van der Waals surface area contributed by atoms with Gasteiger partial charge in [0.05, 0.1) is 18.4 Å². The number of anilines is 1. The van der Waals surface area contributed by atoms with Gasteiger partial charge in [-0.3, -0.25) is 0 Å². The number of ether oxygens (including phenoxy) is 1. The van der Waals surface area contributed by atoms with Crippen LogP contribution in [0.4, 0.5) is 10.1 Å². The number of esters is 1. The molecule has 0 radical (unpaired) electrons. The summed E-state index contributed by atoms with van der Waals surface area (Å²) in [5.74, 6) is -0.865. The summed E-state index contributed by atoms with van der Waals surface area (Å²) in [6.45, 7) is 2.55. The number of hydrogen-bond acceptors (Lipinski definition) is 4. The molecule has 0 unspecified atom stereocenters. The fraction of sp³-hybridized carbons (Fsp3) is 0.214. The van der Waals surface area contributed by atoms with Gasteiger partial charge in [0.2, 0.25) is 0 Å². The Morgan fingerprint density at radius 3 is 2.79 bits per heavy atom. The van der Waals surface area contributed by atoms with E-state index >= 15 is 0 Å². The minimum absolute atomic E-state index is 0.300. The number of halogens is 1. The third kappa shape index (κ3) is 3.32. The molecule has 0 bridgehead atoms. The Morgan fingerprint density at radius 2 is 2.16 bits per heavy atom. The molecule has 0 atom stereocenters. The van der Waals surface area contributed by atoms with Crippen LogP contribution in [0.15, 0.2) is 30.3 Å². The van der Waals surface area contributed by atoms with E-state index in [0.29, 0.717) is 17.8 Å². The Balaban J connectivity index is 2.12. The average Bonchev–Trinajstić information content (AvgIpc) is 2.82. The molecule has 2 rings (SSSR count). The van der Waals surface area contributed by atoms with Gasteiger partial charge >= 0.3 is 5.97 Å². The van der Waals surface area contributed by atoms with Gasteiger partial charge in [0.15, 0.2) is 0 Å².